The Morgan fingerprint density at radius 1 is 0.365 bits per heavy atom. The van der Waals surface area contributed by atoms with Crippen molar-refractivity contribution in [3.8, 4) is 22.6 Å². The van der Waals surface area contributed by atoms with Crippen LogP contribution in [0.25, 0.3) is 11.1 Å². The van der Waals surface area contributed by atoms with Crippen molar-refractivity contribution in [1.29, 1.82) is 0 Å². The molecule has 0 radical (unpaired) electrons. The molecule has 0 saturated heterocycles. The molecule has 0 spiro atoms. The molecule has 0 unspecified atom stereocenters. The third kappa shape index (κ3) is 9.32. The van der Waals surface area contributed by atoms with E-state index < -0.39 is 32.3 Å². The Morgan fingerprint density at radius 3 is 0.962 bits per heavy atom. The Kier molecular flexibility index (Phi) is 10.5. The van der Waals surface area contributed by atoms with Crippen molar-refractivity contribution in [1.82, 2.24) is 0 Å². The van der Waals surface area contributed by atoms with Gasteiger partial charge < -0.3 is 29.6 Å². The highest BCUT2D eigenvalue weighted by Crippen LogP contribution is 2.27. The maximum absolute atomic E-state index is 12.9. The summed E-state index contributed by atoms with van der Waals surface area (Å²) in [5.74, 6) is 0.104. The van der Waals surface area contributed by atoms with Gasteiger partial charge in [0.1, 0.15) is 21.3 Å². The lowest BCUT2D eigenvalue weighted by molar-refractivity contribution is 0.261. The lowest BCUT2D eigenvalue weighted by atomic mass is 10.1. The second-order valence-corrected chi connectivity index (χ2v) is 14.2. The first-order valence-corrected chi connectivity index (χ1v) is 18.4. The Labute approximate surface area is 300 Å². The monoisotopic (exact) mass is 734 g/mol. The number of rotatable bonds is 11. The predicted octanol–water partition coefficient (Wildman–Crippen LogP) is 8.18. The van der Waals surface area contributed by atoms with E-state index in [2.05, 4.69) is 21.3 Å². The molecule has 0 aliphatic heterocycles. The van der Waals surface area contributed by atoms with Crippen LogP contribution < -0.4 is 29.6 Å². The van der Waals surface area contributed by atoms with Crippen LogP contribution >= 0.6 is 0 Å². The van der Waals surface area contributed by atoms with Crippen LogP contribution in [0.1, 0.15) is 0 Å². The van der Waals surface area contributed by atoms with Gasteiger partial charge in [-0.1, -0.05) is 60.7 Å². The topological polar surface area (TPSA) is 169 Å². The first-order chi connectivity index (χ1) is 25.0. The third-order valence-corrected chi connectivity index (χ3v) is 9.84. The summed E-state index contributed by atoms with van der Waals surface area (Å²) in [6, 6.07) is 40.4. The van der Waals surface area contributed by atoms with E-state index in [0.29, 0.717) is 33.9 Å². The van der Waals surface area contributed by atoms with Crippen LogP contribution in [-0.4, -0.2) is 28.9 Å². The fraction of sp³-hybridized carbons (Fsp3) is 0. The molecule has 0 saturated carbocycles. The first kappa shape index (κ1) is 35.2. The van der Waals surface area contributed by atoms with Crippen LogP contribution in [0.5, 0.6) is 11.5 Å². The van der Waals surface area contributed by atoms with Gasteiger partial charge in [-0.2, -0.15) is 16.8 Å². The third-order valence-electron chi connectivity index (χ3n) is 7.32. The van der Waals surface area contributed by atoms with Gasteiger partial charge in [-0.15, -0.1) is 0 Å². The van der Waals surface area contributed by atoms with Gasteiger partial charge >= 0.3 is 32.3 Å². The molecule has 52 heavy (non-hydrogen) atoms. The van der Waals surface area contributed by atoms with Gasteiger partial charge in [0.25, 0.3) is 0 Å². The Balaban J connectivity index is 1.02. The van der Waals surface area contributed by atoms with Crippen molar-refractivity contribution in [2.75, 3.05) is 21.3 Å². The fourth-order valence-corrected chi connectivity index (χ4v) is 6.66. The molecule has 12 nitrogen and oxygen atoms in total. The van der Waals surface area contributed by atoms with Crippen molar-refractivity contribution in [2.45, 2.75) is 9.79 Å². The average molecular weight is 735 g/mol. The highest BCUT2D eigenvalue weighted by atomic mass is 32.2. The van der Waals surface area contributed by atoms with E-state index in [-0.39, 0.29) is 21.3 Å². The van der Waals surface area contributed by atoms with Crippen molar-refractivity contribution in [3.63, 3.8) is 0 Å². The van der Waals surface area contributed by atoms with E-state index >= 15 is 0 Å². The minimum Gasteiger partial charge on any atom is -0.379 e. The smallest absolute Gasteiger partial charge is 0.339 e. The molecule has 4 N–H and O–H groups in total. The number of urea groups is 2. The zero-order valence-corrected chi connectivity index (χ0v) is 28.7. The predicted molar refractivity (Wildman–Crippen MR) is 199 cm³/mol. The quantitative estimate of drug-likeness (QED) is 0.0967. The van der Waals surface area contributed by atoms with Crippen LogP contribution in [0.3, 0.4) is 0 Å². The molecule has 262 valence electrons. The van der Waals surface area contributed by atoms with Gasteiger partial charge in [0, 0.05) is 22.7 Å². The molecule has 4 amide bonds. The number of nitrogens with one attached hydrogen (secondary N) is 4. The van der Waals surface area contributed by atoms with Gasteiger partial charge in [-0.25, -0.2) is 9.59 Å². The summed E-state index contributed by atoms with van der Waals surface area (Å²) >= 11 is 0. The molecular formula is C38H30N4O8S2. The van der Waals surface area contributed by atoms with Crippen LogP contribution in [0.15, 0.2) is 168 Å². The molecule has 14 heteroatoms. The number of hydrogen-bond donors (Lipinski definition) is 4. The molecule has 0 bridgehead atoms. The molecule has 6 aromatic carbocycles. The minimum atomic E-state index is -4.19. The molecule has 6 rings (SSSR count). The molecule has 0 fully saturated rings. The molecule has 6 aromatic rings. The number of anilines is 4. The van der Waals surface area contributed by atoms with Gasteiger partial charge in [-0.3, -0.25) is 0 Å². The lowest BCUT2D eigenvalue weighted by Crippen LogP contribution is -2.19. The van der Waals surface area contributed by atoms with Gasteiger partial charge in [-0.05, 0) is 108 Å². The normalized spacial score (nSPS) is 11.2. The highest BCUT2D eigenvalue weighted by Gasteiger charge is 2.19. The molecule has 0 aliphatic carbocycles. The number of carbonyl (C=O) groups is 2. The highest BCUT2D eigenvalue weighted by molar-refractivity contribution is 7.87. The van der Waals surface area contributed by atoms with Crippen LogP contribution in [0.4, 0.5) is 32.3 Å². The maximum Gasteiger partial charge on any atom is 0.339 e. The van der Waals surface area contributed by atoms with E-state index in [1.165, 1.54) is 72.8 Å². The molecule has 0 heterocycles. The van der Waals surface area contributed by atoms with Gasteiger partial charge in [0.15, 0.2) is 0 Å². The Morgan fingerprint density at radius 2 is 0.654 bits per heavy atom. The van der Waals surface area contributed by atoms with Gasteiger partial charge in [0.05, 0.1) is 0 Å². The fourth-order valence-electron chi connectivity index (χ4n) is 4.80. The number of amides is 4. The van der Waals surface area contributed by atoms with Crippen LogP contribution in [-0.2, 0) is 20.2 Å². The summed E-state index contributed by atoms with van der Waals surface area (Å²) in [6.07, 6.45) is 0. The van der Waals surface area contributed by atoms with Crippen LogP contribution in [0.2, 0.25) is 0 Å². The number of benzene rings is 6. The number of carbonyl (C=O) groups excluding carboxylic acids is 2. The Bertz CT molecular complexity index is 2200. The van der Waals surface area contributed by atoms with Crippen molar-refractivity contribution >= 4 is 55.0 Å². The lowest BCUT2D eigenvalue weighted by Gasteiger charge is -2.11. The average Bonchev–Trinajstić information content (AvgIpc) is 3.14. The SMILES string of the molecule is O=C(Nc1ccccc1)Nc1ccc(OS(=O)(=O)c2ccc(-c3ccc(S(=O)(=O)Oc4ccc(NC(=O)Nc5ccccc5)cc4)cc3)cc2)cc1. The minimum absolute atomic E-state index is 0.0518. The van der Waals surface area contributed by atoms with Crippen molar-refractivity contribution < 1.29 is 34.8 Å². The summed E-state index contributed by atoms with van der Waals surface area (Å²) < 4.78 is 62.4. The summed E-state index contributed by atoms with van der Waals surface area (Å²) in [6.45, 7) is 0. The zero-order valence-electron chi connectivity index (χ0n) is 27.1. The van der Waals surface area contributed by atoms with Crippen molar-refractivity contribution in [2.24, 2.45) is 0 Å². The summed E-state index contributed by atoms with van der Waals surface area (Å²) in [5.41, 5.74) is 3.37. The molecule has 0 aromatic heterocycles. The van der Waals surface area contributed by atoms with E-state index in [9.17, 15) is 26.4 Å². The van der Waals surface area contributed by atoms with E-state index in [4.69, 9.17) is 8.37 Å². The zero-order chi connectivity index (χ0) is 36.6. The molecule has 0 aliphatic rings. The number of para-hydroxylation sites is 2. The maximum atomic E-state index is 12.9. The largest absolute Gasteiger partial charge is 0.379 e. The van der Waals surface area contributed by atoms with Crippen molar-refractivity contribution in [3.05, 3.63) is 158 Å². The second kappa shape index (κ2) is 15.5. The standard InChI is InChI=1S/C38H30N4O8S2/c43-37(39-29-7-3-1-4-8-29)41-31-15-19-33(20-16-31)49-51(45,46)35-23-11-27(12-24-35)28-13-25-36(26-14-28)52(47,48)50-34-21-17-32(18-22-34)42-38(44)40-30-9-5-2-6-10-30/h1-26H,(H2,39,41,43)(H2,40,42,44). The van der Waals surface area contributed by atoms with Crippen LogP contribution in [0, 0.1) is 0 Å². The van der Waals surface area contributed by atoms with Gasteiger partial charge in [0.2, 0.25) is 0 Å². The summed E-state index contributed by atoms with van der Waals surface area (Å²) in [5, 5.41) is 10.7. The second-order valence-electron chi connectivity index (χ2n) is 11.1. The van der Waals surface area contributed by atoms with E-state index in [1.54, 1.807) is 72.8 Å². The van der Waals surface area contributed by atoms with E-state index in [0.717, 1.165) is 0 Å². The Hall–Kier alpha value is -6.64. The number of hydrogen-bond acceptors (Lipinski definition) is 8. The molecular weight excluding hydrogens is 705 g/mol. The summed E-state index contributed by atoms with van der Waals surface area (Å²) in [4.78, 5) is 24.3. The van der Waals surface area contributed by atoms with E-state index in [1.807, 2.05) is 12.1 Å². The molecule has 0 atom stereocenters. The summed E-state index contributed by atoms with van der Waals surface area (Å²) in [7, 11) is -8.37. The first-order valence-electron chi connectivity index (χ1n) is 15.6.